The smallest absolute Gasteiger partial charge is 0.335 e. The molecule has 0 atom stereocenters. The van der Waals surface area contributed by atoms with Gasteiger partial charge in [-0.2, -0.15) is 0 Å². The lowest BCUT2D eigenvalue weighted by molar-refractivity contribution is -0.139. The molecule has 1 N–H and O–H groups in total. The van der Waals surface area contributed by atoms with Gasteiger partial charge < -0.3 is 9.84 Å². The lowest BCUT2D eigenvalue weighted by Gasteiger charge is -2.02. The van der Waals surface area contributed by atoms with Gasteiger partial charge in [-0.1, -0.05) is 12.1 Å². The van der Waals surface area contributed by atoms with Gasteiger partial charge in [-0.15, -0.1) is 10.2 Å². The molecular formula is C18H16N4O4. The van der Waals surface area contributed by atoms with Gasteiger partial charge in [0.2, 0.25) is 0 Å². The predicted molar refractivity (Wildman–Crippen MR) is 93.2 cm³/mol. The number of carboxylic acid groups (broad SMARTS) is 1. The largest absolute Gasteiger partial charge is 0.478 e. The van der Waals surface area contributed by atoms with E-state index in [9.17, 15) is 9.59 Å². The van der Waals surface area contributed by atoms with Crippen LogP contribution in [0.5, 0.6) is 0 Å². The molecule has 0 unspecified atom stereocenters. The number of rotatable bonds is 5. The average molecular weight is 352 g/mol. The number of hydrogen-bond acceptors (Lipinski definition) is 6. The summed E-state index contributed by atoms with van der Waals surface area (Å²) in [7, 11) is 1.31. The van der Waals surface area contributed by atoms with E-state index in [2.05, 4.69) is 15.2 Å². The second-order valence-corrected chi connectivity index (χ2v) is 5.55. The van der Waals surface area contributed by atoms with Gasteiger partial charge in [0.25, 0.3) is 0 Å². The molecule has 0 aliphatic rings. The van der Waals surface area contributed by atoms with E-state index in [0.29, 0.717) is 22.8 Å². The highest BCUT2D eigenvalue weighted by molar-refractivity contribution is 5.88. The van der Waals surface area contributed by atoms with E-state index in [1.807, 2.05) is 19.1 Å². The fraction of sp³-hybridized carbons (Fsp3) is 0.167. The molecule has 2 heterocycles. The van der Waals surface area contributed by atoms with Crippen molar-refractivity contribution in [1.29, 1.82) is 0 Å². The van der Waals surface area contributed by atoms with Gasteiger partial charge in [0.05, 0.1) is 30.5 Å². The molecule has 26 heavy (non-hydrogen) atoms. The third kappa shape index (κ3) is 3.44. The Labute approximate surface area is 148 Å². The van der Waals surface area contributed by atoms with E-state index < -0.39 is 11.9 Å². The van der Waals surface area contributed by atoms with Gasteiger partial charge in [0, 0.05) is 5.69 Å². The number of azo groups is 1. The first-order valence-corrected chi connectivity index (χ1v) is 7.78. The molecule has 132 valence electrons. The van der Waals surface area contributed by atoms with Gasteiger partial charge in [-0.05, 0) is 37.3 Å². The van der Waals surface area contributed by atoms with E-state index in [-0.39, 0.29) is 12.0 Å². The average Bonchev–Trinajstić information content (AvgIpc) is 2.98. The van der Waals surface area contributed by atoms with Crippen LogP contribution in [0.2, 0.25) is 0 Å². The third-order valence-corrected chi connectivity index (χ3v) is 3.78. The van der Waals surface area contributed by atoms with Gasteiger partial charge in [0.1, 0.15) is 5.65 Å². The van der Waals surface area contributed by atoms with E-state index in [1.165, 1.54) is 19.2 Å². The first-order chi connectivity index (χ1) is 12.5. The van der Waals surface area contributed by atoms with Crippen LogP contribution >= 0.6 is 0 Å². The summed E-state index contributed by atoms with van der Waals surface area (Å²) in [5.41, 5.74) is 2.45. The molecule has 3 rings (SSSR count). The van der Waals surface area contributed by atoms with Crippen molar-refractivity contribution in [1.82, 2.24) is 9.38 Å². The summed E-state index contributed by atoms with van der Waals surface area (Å²) in [5.74, 6) is -1.07. The van der Waals surface area contributed by atoms with Crippen LogP contribution in [0.25, 0.3) is 5.65 Å². The Morgan fingerprint density at radius 2 is 1.96 bits per heavy atom. The Bertz CT molecular complexity index is 1020. The van der Waals surface area contributed by atoms with Crippen molar-refractivity contribution in [3.63, 3.8) is 0 Å². The highest BCUT2D eigenvalue weighted by Gasteiger charge is 2.17. The zero-order valence-electron chi connectivity index (χ0n) is 14.2. The van der Waals surface area contributed by atoms with Crippen LogP contribution in [-0.4, -0.2) is 33.5 Å². The number of carbonyl (C=O) groups is 2. The molecule has 0 radical (unpaired) electrons. The maximum atomic E-state index is 11.7. The summed E-state index contributed by atoms with van der Waals surface area (Å²) >= 11 is 0. The number of benzene rings is 1. The van der Waals surface area contributed by atoms with E-state index in [4.69, 9.17) is 9.84 Å². The molecule has 0 saturated carbocycles. The second kappa shape index (κ2) is 7.14. The Balaban J connectivity index is 2.07. The SMILES string of the molecule is COC(=O)Cc1nc2cccc(C)n2c1N=Nc1cccc(C(=O)O)c1. The van der Waals surface area contributed by atoms with E-state index in [0.717, 1.165) is 5.69 Å². The standard InChI is InChI=1S/C18H16N4O4/c1-11-5-3-8-15-19-14(10-16(23)26-2)17(22(11)15)21-20-13-7-4-6-12(9-13)18(24)25/h3-9H,10H2,1-2H3,(H,24,25). The number of hydrogen-bond donors (Lipinski definition) is 1. The van der Waals surface area contributed by atoms with Crippen LogP contribution in [0.1, 0.15) is 21.7 Å². The third-order valence-electron chi connectivity index (χ3n) is 3.78. The fourth-order valence-electron chi connectivity index (χ4n) is 2.52. The number of ether oxygens (including phenoxy) is 1. The second-order valence-electron chi connectivity index (χ2n) is 5.55. The van der Waals surface area contributed by atoms with Crippen LogP contribution in [0, 0.1) is 6.92 Å². The number of fused-ring (bicyclic) bond motifs is 1. The number of aromatic carboxylic acids is 1. The van der Waals surface area contributed by atoms with Crippen molar-refractivity contribution in [2.75, 3.05) is 7.11 Å². The molecule has 1 aromatic carbocycles. The number of pyridine rings is 1. The van der Waals surface area contributed by atoms with Crippen LogP contribution in [0.3, 0.4) is 0 Å². The number of imidazole rings is 1. The number of carboxylic acids is 1. The van der Waals surface area contributed by atoms with Crippen molar-refractivity contribution in [2.24, 2.45) is 10.2 Å². The minimum absolute atomic E-state index is 0.0405. The number of aromatic nitrogens is 2. The predicted octanol–water partition coefficient (Wildman–Crippen LogP) is 3.47. The van der Waals surface area contributed by atoms with E-state index in [1.54, 1.807) is 22.6 Å². The monoisotopic (exact) mass is 352 g/mol. The van der Waals surface area contributed by atoms with Crippen molar-refractivity contribution in [3.8, 4) is 0 Å². The molecule has 0 aliphatic carbocycles. The molecule has 0 amide bonds. The highest BCUT2D eigenvalue weighted by atomic mass is 16.5. The van der Waals surface area contributed by atoms with Gasteiger partial charge in [0.15, 0.2) is 5.82 Å². The normalized spacial score (nSPS) is 11.2. The molecule has 0 bridgehead atoms. The van der Waals surface area contributed by atoms with Crippen molar-refractivity contribution in [2.45, 2.75) is 13.3 Å². The maximum absolute atomic E-state index is 11.7. The number of aryl methyl sites for hydroxylation is 1. The highest BCUT2D eigenvalue weighted by Crippen LogP contribution is 2.26. The molecule has 0 aliphatic heterocycles. The van der Waals surface area contributed by atoms with E-state index >= 15 is 0 Å². The van der Waals surface area contributed by atoms with Crippen molar-refractivity contribution >= 4 is 29.1 Å². The van der Waals surface area contributed by atoms with Crippen LogP contribution in [0.4, 0.5) is 11.5 Å². The van der Waals surface area contributed by atoms with Crippen LogP contribution < -0.4 is 0 Å². The topological polar surface area (TPSA) is 106 Å². The summed E-state index contributed by atoms with van der Waals surface area (Å²) < 4.78 is 6.50. The Hall–Kier alpha value is -3.55. The van der Waals surface area contributed by atoms with Crippen molar-refractivity contribution < 1.29 is 19.4 Å². The first kappa shape index (κ1) is 17.3. The lowest BCUT2D eigenvalue weighted by Crippen LogP contribution is -2.04. The van der Waals surface area contributed by atoms with Crippen molar-refractivity contribution in [3.05, 3.63) is 59.4 Å². The molecule has 0 spiro atoms. The molecule has 2 aromatic heterocycles. The zero-order valence-corrected chi connectivity index (χ0v) is 14.2. The quantitative estimate of drug-likeness (QED) is 0.559. The first-order valence-electron chi connectivity index (χ1n) is 7.78. The number of esters is 1. The summed E-state index contributed by atoms with van der Waals surface area (Å²) in [4.78, 5) is 27.2. The Kier molecular flexibility index (Phi) is 4.74. The minimum atomic E-state index is -1.04. The molecule has 8 nitrogen and oxygen atoms in total. The number of methoxy groups -OCH3 is 1. The summed E-state index contributed by atoms with van der Waals surface area (Å²) in [6.45, 7) is 1.89. The number of carbonyl (C=O) groups excluding carboxylic acids is 1. The Morgan fingerprint density at radius 1 is 1.19 bits per heavy atom. The molecule has 3 aromatic rings. The summed E-state index contributed by atoms with van der Waals surface area (Å²) in [6.07, 6.45) is -0.0405. The summed E-state index contributed by atoms with van der Waals surface area (Å²) in [6, 6.07) is 11.7. The lowest BCUT2D eigenvalue weighted by atomic mass is 10.2. The van der Waals surface area contributed by atoms with Crippen LogP contribution in [-0.2, 0) is 16.0 Å². The fourth-order valence-corrected chi connectivity index (χ4v) is 2.52. The molecule has 0 fully saturated rings. The minimum Gasteiger partial charge on any atom is -0.478 e. The maximum Gasteiger partial charge on any atom is 0.335 e. The van der Waals surface area contributed by atoms with Gasteiger partial charge in [-0.25, -0.2) is 9.78 Å². The zero-order chi connectivity index (χ0) is 18.7. The Morgan fingerprint density at radius 3 is 2.69 bits per heavy atom. The van der Waals surface area contributed by atoms with Crippen LogP contribution in [0.15, 0.2) is 52.7 Å². The van der Waals surface area contributed by atoms with Gasteiger partial charge >= 0.3 is 11.9 Å². The molecular weight excluding hydrogens is 336 g/mol. The molecule has 0 saturated heterocycles. The van der Waals surface area contributed by atoms with Gasteiger partial charge in [-0.3, -0.25) is 9.20 Å². The number of nitrogens with zero attached hydrogens (tertiary/aromatic N) is 4. The molecule has 8 heteroatoms. The summed E-state index contributed by atoms with van der Waals surface area (Å²) in [5, 5.41) is 17.4.